The summed E-state index contributed by atoms with van der Waals surface area (Å²) >= 11 is 0. The van der Waals surface area contributed by atoms with Crippen LogP contribution in [0.2, 0.25) is 0 Å². The largest absolute Gasteiger partial charge is 0.103 e. The molecule has 0 radical (unpaired) electrons. The molecule has 0 N–H and O–H groups in total. The molecule has 0 heterocycles. The predicted molar refractivity (Wildman–Crippen MR) is 50.4 cm³/mol. The van der Waals surface area contributed by atoms with Crippen molar-refractivity contribution in [3.63, 3.8) is 0 Å². The van der Waals surface area contributed by atoms with Crippen LogP contribution >= 0.6 is 0 Å². The van der Waals surface area contributed by atoms with Gasteiger partial charge in [0.2, 0.25) is 0 Å². The van der Waals surface area contributed by atoms with Crippen LogP contribution in [0.15, 0.2) is 36.0 Å². The van der Waals surface area contributed by atoms with Crippen molar-refractivity contribution in [1.82, 2.24) is 0 Å². The van der Waals surface area contributed by atoms with Gasteiger partial charge < -0.3 is 0 Å². The van der Waals surface area contributed by atoms with Crippen LogP contribution < -0.4 is 0 Å². The van der Waals surface area contributed by atoms with Crippen LogP contribution in [0.3, 0.4) is 0 Å². The van der Waals surface area contributed by atoms with Gasteiger partial charge in [-0.15, -0.1) is 6.58 Å². The third-order valence-electron chi connectivity index (χ3n) is 2.33. The highest BCUT2D eigenvalue weighted by Crippen LogP contribution is 2.25. The van der Waals surface area contributed by atoms with Gasteiger partial charge in [0.1, 0.15) is 0 Å². The molecule has 1 aliphatic carbocycles. The van der Waals surface area contributed by atoms with E-state index in [1.807, 2.05) is 6.08 Å². The second-order valence-corrected chi connectivity index (χ2v) is 3.31. The highest BCUT2D eigenvalue weighted by atomic mass is 14.1. The van der Waals surface area contributed by atoms with Crippen molar-refractivity contribution in [3.05, 3.63) is 36.0 Å². The van der Waals surface area contributed by atoms with Crippen molar-refractivity contribution in [1.29, 1.82) is 0 Å². The van der Waals surface area contributed by atoms with Gasteiger partial charge in [-0.25, -0.2) is 0 Å². The minimum absolute atomic E-state index is 0.705. The van der Waals surface area contributed by atoms with Crippen molar-refractivity contribution in [3.8, 4) is 0 Å². The minimum Gasteiger partial charge on any atom is -0.103 e. The van der Waals surface area contributed by atoms with Gasteiger partial charge in [-0.2, -0.15) is 0 Å². The van der Waals surface area contributed by atoms with Crippen molar-refractivity contribution < 1.29 is 0 Å². The van der Waals surface area contributed by atoms with E-state index in [4.69, 9.17) is 0 Å². The summed E-state index contributed by atoms with van der Waals surface area (Å²) < 4.78 is 0. The van der Waals surface area contributed by atoms with Gasteiger partial charge >= 0.3 is 0 Å². The molecule has 60 valence electrons. The molecule has 0 bridgehead atoms. The average Bonchev–Trinajstić information content (AvgIpc) is 1.98. The van der Waals surface area contributed by atoms with E-state index in [2.05, 4.69) is 32.6 Å². The molecule has 0 aromatic carbocycles. The lowest BCUT2D eigenvalue weighted by molar-refractivity contribution is 0.642. The molecule has 0 saturated heterocycles. The van der Waals surface area contributed by atoms with E-state index >= 15 is 0 Å². The first kappa shape index (κ1) is 8.32. The molecule has 0 fully saturated rings. The summed E-state index contributed by atoms with van der Waals surface area (Å²) in [6.45, 7) is 8.14. The Bertz CT molecular complexity index is 206. The summed E-state index contributed by atoms with van der Waals surface area (Å²) in [6, 6.07) is 0. The zero-order chi connectivity index (χ0) is 8.27. The predicted octanol–water partition coefficient (Wildman–Crippen LogP) is 3.48. The number of rotatable bonds is 2. The molecule has 1 rings (SSSR count). The molecule has 1 unspecified atom stereocenters. The lowest BCUT2D eigenvalue weighted by atomic mass is 9.89. The SMILES string of the molecule is C=CCC1C=CC(C)=C(C)C1. The monoisotopic (exact) mass is 148 g/mol. The van der Waals surface area contributed by atoms with E-state index < -0.39 is 0 Å². The summed E-state index contributed by atoms with van der Waals surface area (Å²) in [7, 11) is 0. The van der Waals surface area contributed by atoms with Crippen molar-refractivity contribution in [2.45, 2.75) is 26.7 Å². The fourth-order valence-corrected chi connectivity index (χ4v) is 1.42. The molecule has 0 heteroatoms. The van der Waals surface area contributed by atoms with Crippen LogP contribution in [-0.4, -0.2) is 0 Å². The van der Waals surface area contributed by atoms with Crippen LogP contribution in [0, 0.1) is 5.92 Å². The highest BCUT2D eigenvalue weighted by Gasteiger charge is 2.08. The smallest absolute Gasteiger partial charge is 0.0158 e. The number of hydrogen-bond acceptors (Lipinski definition) is 0. The summed E-state index contributed by atoms with van der Waals surface area (Å²) in [5, 5.41) is 0. The van der Waals surface area contributed by atoms with Crippen molar-refractivity contribution in [2.24, 2.45) is 5.92 Å². The number of allylic oxidation sites excluding steroid dienone is 5. The Morgan fingerprint density at radius 1 is 1.64 bits per heavy atom. The third kappa shape index (κ3) is 2.07. The molecule has 0 amide bonds. The van der Waals surface area contributed by atoms with Crippen LogP contribution in [0.4, 0.5) is 0 Å². The Morgan fingerprint density at radius 2 is 2.36 bits per heavy atom. The lowest BCUT2D eigenvalue weighted by Gasteiger charge is -2.16. The maximum Gasteiger partial charge on any atom is -0.0158 e. The highest BCUT2D eigenvalue weighted by molar-refractivity contribution is 5.27. The van der Waals surface area contributed by atoms with Crippen molar-refractivity contribution in [2.75, 3.05) is 0 Å². The maximum absolute atomic E-state index is 3.75. The Hall–Kier alpha value is -0.780. The topological polar surface area (TPSA) is 0 Å². The fraction of sp³-hybridized carbons (Fsp3) is 0.455. The van der Waals surface area contributed by atoms with Gasteiger partial charge in [0, 0.05) is 0 Å². The van der Waals surface area contributed by atoms with Gasteiger partial charge in [0.15, 0.2) is 0 Å². The Morgan fingerprint density at radius 3 is 2.91 bits per heavy atom. The quantitative estimate of drug-likeness (QED) is 0.526. The second kappa shape index (κ2) is 3.56. The zero-order valence-corrected chi connectivity index (χ0v) is 7.43. The summed E-state index contributed by atoms with van der Waals surface area (Å²) in [6.07, 6.45) is 8.86. The van der Waals surface area contributed by atoms with Gasteiger partial charge in [0.25, 0.3) is 0 Å². The van der Waals surface area contributed by atoms with E-state index in [0.29, 0.717) is 5.92 Å². The minimum atomic E-state index is 0.705. The van der Waals surface area contributed by atoms with Gasteiger partial charge in [-0.05, 0) is 32.6 Å². The maximum atomic E-state index is 3.75. The summed E-state index contributed by atoms with van der Waals surface area (Å²) in [5.41, 5.74) is 2.96. The van der Waals surface area contributed by atoms with Gasteiger partial charge in [0.05, 0.1) is 0 Å². The van der Waals surface area contributed by atoms with E-state index in [0.717, 1.165) is 6.42 Å². The normalized spacial score (nSPS) is 24.0. The molecular weight excluding hydrogens is 132 g/mol. The molecule has 0 aromatic heterocycles. The first-order chi connectivity index (χ1) is 5.24. The number of hydrogen-bond donors (Lipinski definition) is 0. The standard InChI is InChI=1S/C11H16/c1-4-5-11-7-6-9(2)10(3)8-11/h4,6-7,11H,1,5,8H2,2-3H3. The van der Waals surface area contributed by atoms with E-state index in [-0.39, 0.29) is 0 Å². The van der Waals surface area contributed by atoms with Crippen LogP contribution in [-0.2, 0) is 0 Å². The van der Waals surface area contributed by atoms with E-state index in [1.54, 1.807) is 0 Å². The fourth-order valence-electron chi connectivity index (χ4n) is 1.42. The molecule has 0 saturated carbocycles. The Balaban J connectivity index is 2.59. The zero-order valence-electron chi connectivity index (χ0n) is 7.43. The third-order valence-corrected chi connectivity index (χ3v) is 2.33. The summed E-state index contributed by atoms with van der Waals surface area (Å²) in [4.78, 5) is 0. The van der Waals surface area contributed by atoms with Crippen LogP contribution in [0.1, 0.15) is 26.7 Å². The van der Waals surface area contributed by atoms with Gasteiger partial charge in [-0.3, -0.25) is 0 Å². The molecule has 0 spiro atoms. The molecule has 0 aromatic rings. The molecular formula is C11H16. The first-order valence-electron chi connectivity index (χ1n) is 4.19. The molecule has 1 atom stereocenters. The van der Waals surface area contributed by atoms with E-state index in [9.17, 15) is 0 Å². The molecule has 0 aliphatic heterocycles. The van der Waals surface area contributed by atoms with Gasteiger partial charge in [-0.1, -0.05) is 29.4 Å². The lowest BCUT2D eigenvalue weighted by Crippen LogP contribution is -2.01. The Kier molecular flexibility index (Phi) is 2.70. The van der Waals surface area contributed by atoms with E-state index in [1.165, 1.54) is 17.6 Å². The Labute approximate surface area is 69.3 Å². The first-order valence-corrected chi connectivity index (χ1v) is 4.19. The van der Waals surface area contributed by atoms with Crippen LogP contribution in [0.25, 0.3) is 0 Å². The molecule has 11 heavy (non-hydrogen) atoms. The molecule has 0 nitrogen and oxygen atoms in total. The second-order valence-electron chi connectivity index (χ2n) is 3.31. The average molecular weight is 148 g/mol. The van der Waals surface area contributed by atoms with Crippen molar-refractivity contribution >= 4 is 0 Å². The van der Waals surface area contributed by atoms with Crippen LogP contribution in [0.5, 0.6) is 0 Å². The molecule has 1 aliphatic rings. The summed E-state index contributed by atoms with van der Waals surface area (Å²) in [5.74, 6) is 0.705.